The fraction of sp³-hybridized carbons (Fsp3) is 0.889. The molecule has 5 heteroatoms. The van der Waals surface area contributed by atoms with Gasteiger partial charge in [-0.15, -0.1) is 11.6 Å². The average Bonchev–Trinajstić information content (AvgIpc) is 2.02. The van der Waals surface area contributed by atoms with Crippen molar-refractivity contribution in [2.24, 2.45) is 0 Å². The number of hydrogen-bond acceptors (Lipinski definition) is 4. The Labute approximate surface area is 88.5 Å². The molecule has 1 aliphatic heterocycles. The lowest BCUT2D eigenvalue weighted by atomic mass is 10.3. The predicted molar refractivity (Wildman–Crippen MR) is 51.2 cm³/mol. The third-order valence-electron chi connectivity index (χ3n) is 1.81. The summed E-state index contributed by atoms with van der Waals surface area (Å²) in [6.07, 6.45) is -0.0767. The van der Waals surface area contributed by atoms with Gasteiger partial charge in [0.2, 0.25) is 5.79 Å². The van der Waals surface area contributed by atoms with Gasteiger partial charge in [0, 0.05) is 6.92 Å². The molecule has 3 atom stereocenters. The highest BCUT2D eigenvalue weighted by Crippen LogP contribution is 2.21. The summed E-state index contributed by atoms with van der Waals surface area (Å²) in [5, 5.41) is -0.673. The molecule has 14 heavy (non-hydrogen) atoms. The fourth-order valence-corrected chi connectivity index (χ4v) is 1.30. The molecule has 0 saturated carbocycles. The van der Waals surface area contributed by atoms with Crippen LogP contribution in [0.25, 0.3) is 0 Å². The van der Waals surface area contributed by atoms with Crippen molar-refractivity contribution in [3.8, 4) is 0 Å². The smallest absolute Gasteiger partial charge is 0.326 e. The van der Waals surface area contributed by atoms with Gasteiger partial charge in [-0.1, -0.05) is 0 Å². The maximum absolute atomic E-state index is 11.2. The summed E-state index contributed by atoms with van der Waals surface area (Å²) in [5.41, 5.74) is 0. The fourth-order valence-electron chi connectivity index (χ4n) is 1.25. The van der Waals surface area contributed by atoms with Gasteiger partial charge in [0.1, 0.15) is 12.0 Å². The van der Waals surface area contributed by atoms with Crippen molar-refractivity contribution >= 4 is 17.6 Å². The first-order valence-electron chi connectivity index (χ1n) is 4.55. The Bertz CT molecular complexity index is 219. The molecule has 0 aliphatic carbocycles. The number of carbonyl (C=O) groups is 1. The van der Waals surface area contributed by atoms with Crippen LogP contribution in [0.2, 0.25) is 0 Å². The Morgan fingerprint density at radius 1 is 1.71 bits per heavy atom. The average molecular weight is 223 g/mol. The molecule has 0 aromatic carbocycles. The van der Waals surface area contributed by atoms with Crippen LogP contribution >= 0.6 is 11.6 Å². The van der Waals surface area contributed by atoms with Crippen molar-refractivity contribution in [3.05, 3.63) is 0 Å². The van der Waals surface area contributed by atoms with Crippen LogP contribution in [-0.4, -0.2) is 36.5 Å². The topological polar surface area (TPSA) is 44.8 Å². The van der Waals surface area contributed by atoms with E-state index in [0.717, 1.165) is 0 Å². The normalized spacial score (nSPS) is 35.0. The van der Waals surface area contributed by atoms with E-state index in [0.29, 0.717) is 6.61 Å². The van der Waals surface area contributed by atoms with E-state index in [1.165, 1.54) is 0 Å². The lowest BCUT2D eigenvalue weighted by Crippen LogP contribution is -2.48. The van der Waals surface area contributed by atoms with Gasteiger partial charge in [0.15, 0.2) is 0 Å². The Morgan fingerprint density at radius 2 is 2.36 bits per heavy atom. The zero-order chi connectivity index (χ0) is 10.8. The number of hydrogen-bond donors (Lipinski definition) is 0. The summed E-state index contributed by atoms with van der Waals surface area (Å²) in [7, 11) is 0. The largest absolute Gasteiger partial charge is 0.430 e. The quantitative estimate of drug-likeness (QED) is 0.522. The molecule has 1 heterocycles. The highest BCUT2D eigenvalue weighted by molar-refractivity contribution is 6.29. The third kappa shape index (κ3) is 3.12. The molecule has 1 saturated heterocycles. The summed E-state index contributed by atoms with van der Waals surface area (Å²) < 4.78 is 15.8. The third-order valence-corrected chi connectivity index (χ3v) is 1.99. The number of rotatable bonds is 2. The van der Waals surface area contributed by atoms with Gasteiger partial charge >= 0.3 is 5.97 Å². The number of ether oxygens (including phenoxy) is 3. The summed E-state index contributed by atoms with van der Waals surface area (Å²) in [6, 6.07) is 0. The second-order valence-electron chi connectivity index (χ2n) is 3.61. The van der Waals surface area contributed by atoms with Crippen molar-refractivity contribution in [2.75, 3.05) is 13.2 Å². The molecular formula is C9H15ClO4. The van der Waals surface area contributed by atoms with Gasteiger partial charge < -0.3 is 14.2 Å². The Balaban J connectivity index is 2.52. The Morgan fingerprint density at radius 3 is 2.86 bits per heavy atom. The van der Waals surface area contributed by atoms with E-state index in [1.54, 1.807) is 13.8 Å². The SMILES string of the molecule is CC1COCC(C)(OC(=O)C(C)Cl)O1. The molecule has 1 fully saturated rings. The number of halogens is 1. The van der Waals surface area contributed by atoms with E-state index in [4.69, 9.17) is 25.8 Å². The maximum Gasteiger partial charge on any atom is 0.326 e. The van der Waals surface area contributed by atoms with Gasteiger partial charge in [0.05, 0.1) is 12.7 Å². The molecule has 1 rings (SSSR count). The molecule has 0 spiro atoms. The molecule has 0 radical (unpaired) electrons. The molecule has 3 unspecified atom stereocenters. The molecule has 0 aromatic heterocycles. The molecule has 1 aliphatic rings. The first kappa shape index (κ1) is 11.8. The van der Waals surface area contributed by atoms with Crippen LogP contribution in [0.1, 0.15) is 20.8 Å². The minimum atomic E-state index is -1.00. The van der Waals surface area contributed by atoms with E-state index in [-0.39, 0.29) is 12.7 Å². The van der Waals surface area contributed by atoms with E-state index in [9.17, 15) is 4.79 Å². The van der Waals surface area contributed by atoms with Crippen LogP contribution in [0.4, 0.5) is 0 Å². The second-order valence-corrected chi connectivity index (χ2v) is 4.27. The molecule has 0 bridgehead atoms. The van der Waals surface area contributed by atoms with Crippen LogP contribution in [0.3, 0.4) is 0 Å². The number of alkyl halides is 1. The van der Waals surface area contributed by atoms with Crippen LogP contribution < -0.4 is 0 Å². The van der Waals surface area contributed by atoms with Crippen LogP contribution in [-0.2, 0) is 19.0 Å². The van der Waals surface area contributed by atoms with Crippen molar-refractivity contribution in [3.63, 3.8) is 0 Å². The summed E-state index contributed by atoms with van der Waals surface area (Å²) in [6.45, 7) is 5.84. The minimum Gasteiger partial charge on any atom is -0.430 e. The van der Waals surface area contributed by atoms with Gasteiger partial charge in [-0.05, 0) is 13.8 Å². The highest BCUT2D eigenvalue weighted by atomic mass is 35.5. The van der Waals surface area contributed by atoms with E-state index in [1.807, 2.05) is 6.92 Å². The van der Waals surface area contributed by atoms with E-state index < -0.39 is 17.1 Å². The van der Waals surface area contributed by atoms with Gasteiger partial charge in [-0.25, -0.2) is 0 Å². The summed E-state index contributed by atoms with van der Waals surface area (Å²) >= 11 is 5.57. The van der Waals surface area contributed by atoms with Gasteiger partial charge in [0.25, 0.3) is 0 Å². The lowest BCUT2D eigenvalue weighted by molar-refractivity contribution is -0.291. The van der Waals surface area contributed by atoms with Crippen molar-refractivity contribution in [1.29, 1.82) is 0 Å². The van der Waals surface area contributed by atoms with Crippen LogP contribution in [0.15, 0.2) is 0 Å². The Kier molecular flexibility index (Phi) is 3.75. The second kappa shape index (κ2) is 4.47. The van der Waals surface area contributed by atoms with Crippen LogP contribution in [0, 0.1) is 0 Å². The van der Waals surface area contributed by atoms with Crippen molar-refractivity contribution < 1.29 is 19.0 Å². The predicted octanol–water partition coefficient (Wildman–Crippen LogP) is 1.31. The molecule has 0 amide bonds. The Hall–Kier alpha value is -0.320. The first-order chi connectivity index (χ1) is 6.43. The standard InChI is InChI=1S/C9H15ClO4/c1-6-4-12-5-9(3,13-6)14-8(11)7(2)10/h6-7H,4-5H2,1-3H3. The first-order valence-corrected chi connectivity index (χ1v) is 4.99. The van der Waals surface area contributed by atoms with Gasteiger partial charge in [-0.2, -0.15) is 0 Å². The summed E-state index contributed by atoms with van der Waals surface area (Å²) in [4.78, 5) is 11.2. The maximum atomic E-state index is 11.2. The van der Waals surface area contributed by atoms with E-state index in [2.05, 4.69) is 0 Å². The molecule has 82 valence electrons. The molecule has 0 N–H and O–H groups in total. The van der Waals surface area contributed by atoms with Crippen molar-refractivity contribution in [1.82, 2.24) is 0 Å². The monoisotopic (exact) mass is 222 g/mol. The van der Waals surface area contributed by atoms with Crippen molar-refractivity contribution in [2.45, 2.75) is 38.0 Å². The minimum absolute atomic E-state index is 0.0767. The lowest BCUT2D eigenvalue weighted by Gasteiger charge is -2.36. The number of esters is 1. The zero-order valence-electron chi connectivity index (χ0n) is 8.58. The highest BCUT2D eigenvalue weighted by Gasteiger charge is 2.36. The molecule has 4 nitrogen and oxygen atoms in total. The van der Waals surface area contributed by atoms with Gasteiger partial charge in [-0.3, -0.25) is 4.79 Å². The van der Waals surface area contributed by atoms with E-state index >= 15 is 0 Å². The van der Waals surface area contributed by atoms with Crippen LogP contribution in [0.5, 0.6) is 0 Å². The molecule has 0 aromatic rings. The molecular weight excluding hydrogens is 208 g/mol. The number of carbonyl (C=O) groups excluding carboxylic acids is 1. The summed E-state index contributed by atoms with van der Waals surface area (Å²) in [5.74, 6) is -1.50. The zero-order valence-corrected chi connectivity index (χ0v) is 9.34.